The Morgan fingerprint density at radius 3 is 2.35 bits per heavy atom. The molecule has 0 radical (unpaired) electrons. The maximum absolute atomic E-state index is 5.17. The molecule has 23 heavy (non-hydrogen) atoms. The van der Waals surface area contributed by atoms with Crippen LogP contribution in [0.4, 0.5) is 0 Å². The second-order valence-electron chi connectivity index (χ2n) is 5.89. The summed E-state index contributed by atoms with van der Waals surface area (Å²) in [5, 5.41) is 6.76. The molecule has 0 saturated heterocycles. The van der Waals surface area contributed by atoms with Crippen LogP contribution in [0.5, 0.6) is 5.75 Å². The monoisotopic (exact) mass is 433 g/mol. The van der Waals surface area contributed by atoms with Crippen LogP contribution in [0, 0.1) is 5.92 Å². The van der Waals surface area contributed by atoms with Crippen LogP contribution in [-0.4, -0.2) is 32.2 Å². The topological polar surface area (TPSA) is 45.7 Å². The first kappa shape index (κ1) is 22.0. The first-order valence-corrected chi connectivity index (χ1v) is 8.24. The third-order valence-electron chi connectivity index (χ3n) is 3.76. The van der Waals surface area contributed by atoms with E-state index < -0.39 is 0 Å². The van der Waals surface area contributed by atoms with Crippen LogP contribution in [-0.2, 0) is 6.42 Å². The number of nitrogens with zero attached hydrogens (tertiary/aromatic N) is 1. The Morgan fingerprint density at radius 1 is 1.17 bits per heavy atom. The van der Waals surface area contributed by atoms with E-state index in [0.717, 1.165) is 37.6 Å². The number of guanidine groups is 1. The van der Waals surface area contributed by atoms with Crippen molar-refractivity contribution in [3.05, 3.63) is 29.8 Å². The van der Waals surface area contributed by atoms with E-state index in [9.17, 15) is 0 Å². The van der Waals surface area contributed by atoms with Gasteiger partial charge in [-0.15, -0.1) is 24.0 Å². The van der Waals surface area contributed by atoms with Gasteiger partial charge in [0, 0.05) is 19.1 Å². The standard InChI is InChI=1S/C18H31N3O.HI/c1-6-19-18(21-15(4)14(2)3)20-13-7-8-16-9-11-17(22-5)12-10-16;/h9-12,14-15H,6-8,13H2,1-5H3,(H2,19,20,21);1H. The van der Waals surface area contributed by atoms with Gasteiger partial charge >= 0.3 is 0 Å². The second kappa shape index (κ2) is 12.4. The molecule has 1 aromatic rings. The zero-order valence-electron chi connectivity index (χ0n) is 15.1. The molecule has 0 aliphatic carbocycles. The molecule has 0 fully saturated rings. The highest BCUT2D eigenvalue weighted by molar-refractivity contribution is 14.0. The molecule has 0 spiro atoms. The van der Waals surface area contributed by atoms with Crippen molar-refractivity contribution in [1.29, 1.82) is 0 Å². The van der Waals surface area contributed by atoms with E-state index >= 15 is 0 Å². The minimum Gasteiger partial charge on any atom is -0.497 e. The Bertz CT molecular complexity index is 446. The number of aliphatic imine (C=N–C) groups is 1. The van der Waals surface area contributed by atoms with Crippen molar-refractivity contribution < 1.29 is 4.74 Å². The molecular formula is C18H32IN3O. The molecule has 0 bridgehead atoms. The largest absolute Gasteiger partial charge is 0.497 e. The van der Waals surface area contributed by atoms with Gasteiger partial charge in [0.25, 0.3) is 0 Å². The normalized spacial score (nSPS) is 12.5. The minimum absolute atomic E-state index is 0. The zero-order chi connectivity index (χ0) is 16.4. The van der Waals surface area contributed by atoms with Crippen LogP contribution in [0.25, 0.3) is 0 Å². The Labute approximate surface area is 158 Å². The predicted molar refractivity (Wildman–Crippen MR) is 110 cm³/mol. The van der Waals surface area contributed by atoms with E-state index in [1.165, 1.54) is 5.56 Å². The van der Waals surface area contributed by atoms with Gasteiger partial charge in [0.1, 0.15) is 5.75 Å². The maximum atomic E-state index is 5.17. The number of aryl methyl sites for hydroxylation is 1. The second-order valence-corrected chi connectivity index (χ2v) is 5.89. The number of methoxy groups -OCH3 is 1. The molecule has 1 rings (SSSR count). The summed E-state index contributed by atoms with van der Waals surface area (Å²) >= 11 is 0. The van der Waals surface area contributed by atoms with E-state index in [0.29, 0.717) is 12.0 Å². The summed E-state index contributed by atoms with van der Waals surface area (Å²) in [7, 11) is 1.69. The average Bonchev–Trinajstić information content (AvgIpc) is 2.52. The van der Waals surface area contributed by atoms with Gasteiger partial charge in [-0.1, -0.05) is 26.0 Å². The molecule has 0 aliphatic heterocycles. The van der Waals surface area contributed by atoms with Crippen LogP contribution in [0.3, 0.4) is 0 Å². The van der Waals surface area contributed by atoms with E-state index in [4.69, 9.17) is 4.74 Å². The summed E-state index contributed by atoms with van der Waals surface area (Å²) in [6, 6.07) is 8.67. The van der Waals surface area contributed by atoms with Crippen molar-refractivity contribution in [2.24, 2.45) is 10.9 Å². The Balaban J connectivity index is 0.00000484. The van der Waals surface area contributed by atoms with Crippen molar-refractivity contribution in [3.8, 4) is 5.75 Å². The molecule has 0 heterocycles. The smallest absolute Gasteiger partial charge is 0.191 e. The van der Waals surface area contributed by atoms with Crippen LogP contribution >= 0.6 is 24.0 Å². The van der Waals surface area contributed by atoms with Crippen LogP contribution in [0.2, 0.25) is 0 Å². The lowest BCUT2D eigenvalue weighted by Gasteiger charge is -2.20. The molecule has 2 N–H and O–H groups in total. The number of hydrogen-bond acceptors (Lipinski definition) is 2. The molecule has 0 aliphatic rings. The van der Waals surface area contributed by atoms with Crippen molar-refractivity contribution in [2.45, 2.75) is 46.6 Å². The Hall–Kier alpha value is -0.980. The molecule has 0 amide bonds. The molecule has 1 unspecified atom stereocenters. The van der Waals surface area contributed by atoms with E-state index in [-0.39, 0.29) is 24.0 Å². The van der Waals surface area contributed by atoms with Crippen LogP contribution < -0.4 is 15.4 Å². The summed E-state index contributed by atoms with van der Waals surface area (Å²) in [5.74, 6) is 2.41. The summed E-state index contributed by atoms with van der Waals surface area (Å²) in [6.45, 7) is 10.4. The van der Waals surface area contributed by atoms with Crippen molar-refractivity contribution in [1.82, 2.24) is 10.6 Å². The lowest BCUT2D eigenvalue weighted by atomic mass is 10.1. The molecule has 0 aromatic heterocycles. The molecule has 132 valence electrons. The number of halogens is 1. The number of hydrogen-bond donors (Lipinski definition) is 2. The highest BCUT2D eigenvalue weighted by Gasteiger charge is 2.08. The van der Waals surface area contributed by atoms with Crippen LogP contribution in [0.1, 0.15) is 39.7 Å². The van der Waals surface area contributed by atoms with Gasteiger partial charge < -0.3 is 15.4 Å². The Morgan fingerprint density at radius 2 is 1.83 bits per heavy atom. The predicted octanol–water partition coefficient (Wildman–Crippen LogP) is 3.85. The van der Waals surface area contributed by atoms with Crippen molar-refractivity contribution in [3.63, 3.8) is 0 Å². The average molecular weight is 433 g/mol. The van der Waals surface area contributed by atoms with E-state index in [1.54, 1.807) is 7.11 Å². The minimum atomic E-state index is 0. The Kier molecular flexibility index (Phi) is 11.9. The quantitative estimate of drug-likeness (QED) is 0.283. The molecule has 1 aromatic carbocycles. The SMILES string of the molecule is CCNC(=NCCCc1ccc(OC)cc1)NC(C)C(C)C.I. The number of nitrogens with one attached hydrogen (secondary N) is 2. The van der Waals surface area contributed by atoms with Gasteiger partial charge in [0.2, 0.25) is 0 Å². The summed E-state index contributed by atoms with van der Waals surface area (Å²) < 4.78 is 5.17. The van der Waals surface area contributed by atoms with Gasteiger partial charge in [-0.3, -0.25) is 4.99 Å². The maximum Gasteiger partial charge on any atom is 0.191 e. The summed E-state index contributed by atoms with van der Waals surface area (Å²) in [4.78, 5) is 4.65. The number of rotatable bonds is 8. The van der Waals surface area contributed by atoms with E-state index in [1.807, 2.05) is 12.1 Å². The fourth-order valence-electron chi connectivity index (χ4n) is 1.97. The number of benzene rings is 1. The van der Waals surface area contributed by atoms with E-state index in [2.05, 4.69) is 55.5 Å². The fraction of sp³-hybridized carbons (Fsp3) is 0.611. The molecule has 4 nitrogen and oxygen atoms in total. The summed E-state index contributed by atoms with van der Waals surface area (Å²) in [5.41, 5.74) is 1.32. The first-order valence-electron chi connectivity index (χ1n) is 8.24. The van der Waals surface area contributed by atoms with Crippen molar-refractivity contribution >= 4 is 29.9 Å². The third-order valence-corrected chi connectivity index (χ3v) is 3.76. The zero-order valence-corrected chi connectivity index (χ0v) is 17.4. The lowest BCUT2D eigenvalue weighted by Crippen LogP contribution is -2.44. The fourth-order valence-corrected chi connectivity index (χ4v) is 1.97. The highest BCUT2D eigenvalue weighted by Crippen LogP contribution is 2.12. The lowest BCUT2D eigenvalue weighted by molar-refractivity contribution is 0.414. The first-order chi connectivity index (χ1) is 10.6. The molecular weight excluding hydrogens is 401 g/mol. The highest BCUT2D eigenvalue weighted by atomic mass is 127. The van der Waals surface area contributed by atoms with Gasteiger partial charge in [-0.25, -0.2) is 0 Å². The van der Waals surface area contributed by atoms with Gasteiger partial charge in [-0.05, 0) is 50.3 Å². The molecule has 5 heteroatoms. The van der Waals surface area contributed by atoms with Gasteiger partial charge in [0.05, 0.1) is 7.11 Å². The third kappa shape index (κ3) is 9.03. The molecule has 0 saturated carbocycles. The summed E-state index contributed by atoms with van der Waals surface area (Å²) in [6.07, 6.45) is 2.07. The van der Waals surface area contributed by atoms with Crippen LogP contribution in [0.15, 0.2) is 29.3 Å². The van der Waals surface area contributed by atoms with Gasteiger partial charge in [0.15, 0.2) is 5.96 Å². The van der Waals surface area contributed by atoms with Crippen molar-refractivity contribution in [2.75, 3.05) is 20.2 Å². The molecule has 1 atom stereocenters. The number of ether oxygens (including phenoxy) is 1. The van der Waals surface area contributed by atoms with Gasteiger partial charge in [-0.2, -0.15) is 0 Å².